The number of thioether (sulfide) groups is 1. The molecule has 2 N–H and O–H groups in total. The van der Waals surface area contributed by atoms with Crippen molar-refractivity contribution < 1.29 is 13.5 Å². The maximum Gasteiger partial charge on any atom is 0.250 e. The minimum Gasteiger partial charge on any atom is -0.387 e. The Morgan fingerprint density at radius 1 is 1.30 bits per heavy atom. The molecular weight excluding hydrogens is 314 g/mol. The molecule has 4 nitrogen and oxygen atoms in total. The summed E-state index contributed by atoms with van der Waals surface area (Å²) in [5.74, 6) is 0. The summed E-state index contributed by atoms with van der Waals surface area (Å²) in [6.45, 7) is -0.0428. The first-order valence-electron chi connectivity index (χ1n) is 5.88. The summed E-state index contributed by atoms with van der Waals surface area (Å²) in [5, 5.41) is 11.7. The molecule has 0 aliphatic rings. The molecule has 2 rings (SSSR count). The number of rotatable bonds is 6. The number of aliphatic hydroxyl groups excluding tert-OH is 1. The molecule has 0 spiro atoms. The second-order valence-corrected chi connectivity index (χ2v) is 7.89. The largest absolute Gasteiger partial charge is 0.387 e. The Morgan fingerprint density at radius 3 is 2.55 bits per heavy atom. The van der Waals surface area contributed by atoms with Gasteiger partial charge in [-0.05, 0) is 35.4 Å². The number of benzene rings is 1. The Bertz CT molecular complexity index is 636. The van der Waals surface area contributed by atoms with E-state index in [0.29, 0.717) is 5.56 Å². The van der Waals surface area contributed by atoms with Gasteiger partial charge in [0.1, 0.15) is 4.21 Å². The summed E-state index contributed by atoms with van der Waals surface area (Å²) in [6, 6.07) is 10.6. The number of nitrogens with one attached hydrogen (secondary N) is 1. The van der Waals surface area contributed by atoms with E-state index in [0.717, 1.165) is 16.2 Å². The summed E-state index contributed by atoms with van der Waals surface area (Å²) in [7, 11) is -3.53. The van der Waals surface area contributed by atoms with Crippen molar-refractivity contribution >= 4 is 33.1 Å². The van der Waals surface area contributed by atoms with Crippen LogP contribution in [0.3, 0.4) is 0 Å². The molecule has 1 aromatic carbocycles. The molecule has 0 fully saturated rings. The molecule has 0 saturated carbocycles. The van der Waals surface area contributed by atoms with Gasteiger partial charge in [0.05, 0.1) is 6.10 Å². The zero-order valence-electron chi connectivity index (χ0n) is 10.8. The molecule has 0 radical (unpaired) electrons. The van der Waals surface area contributed by atoms with Crippen LogP contribution in [0.2, 0.25) is 0 Å². The van der Waals surface area contributed by atoms with Gasteiger partial charge in [-0.1, -0.05) is 18.2 Å². The van der Waals surface area contributed by atoms with Crippen LogP contribution in [0.25, 0.3) is 0 Å². The van der Waals surface area contributed by atoms with Crippen molar-refractivity contribution in [1.29, 1.82) is 0 Å². The number of hydrogen-bond donors (Lipinski definition) is 2. The predicted octanol–water partition coefficient (Wildman–Crippen LogP) is 2.48. The Hall–Kier alpha value is -0.860. The molecule has 1 atom stereocenters. The normalized spacial score (nSPS) is 13.3. The van der Waals surface area contributed by atoms with E-state index in [9.17, 15) is 13.5 Å². The van der Waals surface area contributed by atoms with Crippen molar-refractivity contribution in [3.05, 3.63) is 47.3 Å². The average molecular weight is 329 g/mol. The minimum absolute atomic E-state index is 0.0428. The van der Waals surface area contributed by atoms with Crippen molar-refractivity contribution in [1.82, 2.24) is 4.72 Å². The fourth-order valence-electron chi connectivity index (χ4n) is 1.62. The highest BCUT2D eigenvalue weighted by molar-refractivity contribution is 7.98. The second-order valence-electron chi connectivity index (χ2n) is 4.07. The van der Waals surface area contributed by atoms with E-state index >= 15 is 0 Å². The van der Waals surface area contributed by atoms with Crippen LogP contribution in [-0.2, 0) is 10.0 Å². The lowest BCUT2D eigenvalue weighted by Gasteiger charge is -2.12. The minimum atomic E-state index is -3.53. The second kappa shape index (κ2) is 6.73. The molecule has 1 heterocycles. The topological polar surface area (TPSA) is 66.4 Å². The smallest absolute Gasteiger partial charge is 0.250 e. The molecule has 20 heavy (non-hydrogen) atoms. The standard InChI is InChI=1S/C13H15NO3S3/c1-18-11-6-4-10(5-7-11)12(15)9-14-20(16,17)13-3-2-8-19-13/h2-8,12,14-15H,9H2,1H3/t12-/m0/s1. The third-order valence-electron chi connectivity index (χ3n) is 2.73. The van der Waals surface area contributed by atoms with E-state index < -0.39 is 16.1 Å². The molecule has 0 unspecified atom stereocenters. The molecule has 0 aliphatic heterocycles. The van der Waals surface area contributed by atoms with Crippen LogP contribution >= 0.6 is 23.1 Å². The van der Waals surface area contributed by atoms with Gasteiger partial charge in [-0.25, -0.2) is 13.1 Å². The SMILES string of the molecule is CSc1ccc([C@@H](O)CNS(=O)(=O)c2cccs2)cc1. The number of hydrogen-bond acceptors (Lipinski definition) is 5. The highest BCUT2D eigenvalue weighted by atomic mass is 32.2. The number of aliphatic hydroxyl groups is 1. The highest BCUT2D eigenvalue weighted by Gasteiger charge is 2.17. The Balaban J connectivity index is 1.99. The van der Waals surface area contributed by atoms with Crippen LogP contribution in [-0.4, -0.2) is 26.3 Å². The lowest BCUT2D eigenvalue weighted by Crippen LogP contribution is -2.27. The summed E-state index contributed by atoms with van der Waals surface area (Å²) >= 11 is 2.76. The first-order valence-corrected chi connectivity index (χ1v) is 9.47. The van der Waals surface area contributed by atoms with Gasteiger partial charge in [0, 0.05) is 11.4 Å². The summed E-state index contributed by atoms with van der Waals surface area (Å²) < 4.78 is 26.5. The predicted molar refractivity (Wildman–Crippen MR) is 82.7 cm³/mol. The first-order chi connectivity index (χ1) is 9.53. The monoisotopic (exact) mass is 329 g/mol. The number of thiophene rings is 1. The maximum atomic E-state index is 11.9. The highest BCUT2D eigenvalue weighted by Crippen LogP contribution is 2.20. The lowest BCUT2D eigenvalue weighted by atomic mass is 10.1. The molecule has 0 saturated heterocycles. The fourth-order valence-corrected chi connectivity index (χ4v) is 4.10. The molecule has 7 heteroatoms. The van der Waals surface area contributed by atoms with Gasteiger partial charge in [0.25, 0.3) is 0 Å². The maximum absolute atomic E-state index is 11.9. The van der Waals surface area contributed by atoms with Gasteiger partial charge in [0.15, 0.2) is 0 Å². The van der Waals surface area contributed by atoms with E-state index in [1.54, 1.807) is 35.3 Å². The molecule has 0 amide bonds. The third kappa shape index (κ3) is 3.83. The molecule has 0 aliphatic carbocycles. The van der Waals surface area contributed by atoms with E-state index in [2.05, 4.69) is 4.72 Å². The number of sulfonamides is 1. The average Bonchev–Trinajstić information content (AvgIpc) is 3.00. The quantitative estimate of drug-likeness (QED) is 0.799. The summed E-state index contributed by atoms with van der Waals surface area (Å²) in [6.07, 6.45) is 1.11. The van der Waals surface area contributed by atoms with E-state index in [1.165, 1.54) is 6.07 Å². The van der Waals surface area contributed by atoms with Gasteiger partial charge in [-0.2, -0.15) is 0 Å². The molecule has 1 aromatic heterocycles. The lowest BCUT2D eigenvalue weighted by molar-refractivity contribution is 0.182. The molecule has 2 aromatic rings. The van der Waals surface area contributed by atoms with Crippen molar-refractivity contribution in [3.63, 3.8) is 0 Å². The van der Waals surface area contributed by atoms with E-state index in [-0.39, 0.29) is 10.8 Å². The van der Waals surface area contributed by atoms with Gasteiger partial charge in [-0.3, -0.25) is 0 Å². The molecule has 0 bridgehead atoms. The van der Waals surface area contributed by atoms with E-state index in [1.807, 2.05) is 18.4 Å². The van der Waals surface area contributed by atoms with Crippen LogP contribution in [0.5, 0.6) is 0 Å². The van der Waals surface area contributed by atoms with Crippen LogP contribution in [0.15, 0.2) is 50.9 Å². The van der Waals surface area contributed by atoms with Crippen LogP contribution < -0.4 is 4.72 Å². The van der Waals surface area contributed by atoms with Crippen molar-refractivity contribution in [2.45, 2.75) is 15.2 Å². The van der Waals surface area contributed by atoms with Crippen molar-refractivity contribution in [2.24, 2.45) is 0 Å². The van der Waals surface area contributed by atoms with Crippen molar-refractivity contribution in [2.75, 3.05) is 12.8 Å². The Labute approximate surface area is 126 Å². The van der Waals surface area contributed by atoms with Crippen LogP contribution in [0.1, 0.15) is 11.7 Å². The fraction of sp³-hybridized carbons (Fsp3) is 0.231. The van der Waals surface area contributed by atoms with Crippen molar-refractivity contribution in [3.8, 4) is 0 Å². The van der Waals surface area contributed by atoms with Gasteiger partial charge >= 0.3 is 0 Å². The molecular formula is C13H15NO3S3. The van der Waals surface area contributed by atoms with Gasteiger partial charge in [0.2, 0.25) is 10.0 Å². The van der Waals surface area contributed by atoms with Gasteiger partial charge in [-0.15, -0.1) is 23.1 Å². The zero-order valence-corrected chi connectivity index (χ0v) is 13.3. The Morgan fingerprint density at radius 2 is 2.00 bits per heavy atom. The van der Waals surface area contributed by atoms with Crippen LogP contribution in [0, 0.1) is 0 Å². The third-order valence-corrected chi connectivity index (χ3v) is 6.29. The first kappa shape index (κ1) is 15.5. The summed E-state index contributed by atoms with van der Waals surface area (Å²) in [4.78, 5) is 1.10. The van der Waals surface area contributed by atoms with Crippen LogP contribution in [0.4, 0.5) is 0 Å². The zero-order chi connectivity index (χ0) is 14.6. The van der Waals surface area contributed by atoms with Gasteiger partial charge < -0.3 is 5.11 Å². The van der Waals surface area contributed by atoms with E-state index in [4.69, 9.17) is 0 Å². The Kier molecular flexibility index (Phi) is 5.22. The summed E-state index contributed by atoms with van der Waals surface area (Å²) in [5.41, 5.74) is 0.691. The molecule has 108 valence electrons.